The van der Waals surface area contributed by atoms with Crippen molar-refractivity contribution in [3.8, 4) is 12.1 Å². The van der Waals surface area contributed by atoms with Crippen LogP contribution in [0.3, 0.4) is 0 Å². The summed E-state index contributed by atoms with van der Waals surface area (Å²) < 4.78 is 59.3. The Morgan fingerprint density at radius 1 is 0.685 bits per heavy atom. The molecule has 21 nitrogen and oxygen atoms in total. The van der Waals surface area contributed by atoms with Gasteiger partial charge in [-0.3, -0.25) is 9.59 Å². The van der Waals surface area contributed by atoms with E-state index in [-0.39, 0.29) is 28.0 Å². The van der Waals surface area contributed by atoms with Crippen LogP contribution in [-0.4, -0.2) is 130 Å². The van der Waals surface area contributed by atoms with Gasteiger partial charge in [0.15, 0.2) is 5.13 Å². The van der Waals surface area contributed by atoms with Crippen molar-refractivity contribution >= 4 is 76.1 Å². The highest BCUT2D eigenvalue weighted by atomic mass is 32.2. The number of anilines is 2. The van der Waals surface area contributed by atoms with Gasteiger partial charge in [-0.15, -0.1) is 11.3 Å². The number of nitrogens with zero attached hydrogens (tertiary/aromatic N) is 12. The number of hydrogen-bond acceptors (Lipinski definition) is 14. The molecule has 10 rings (SSSR count). The van der Waals surface area contributed by atoms with Crippen molar-refractivity contribution in [2.24, 2.45) is 5.14 Å². The van der Waals surface area contributed by atoms with Crippen LogP contribution in [0, 0.1) is 22.7 Å². The summed E-state index contributed by atoms with van der Waals surface area (Å²) in [5, 5.41) is 28.1. The van der Waals surface area contributed by atoms with Gasteiger partial charge in [0, 0.05) is 130 Å². The molecule has 2 aromatic carbocycles. The highest BCUT2D eigenvalue weighted by Crippen LogP contribution is 2.30. The predicted octanol–water partition coefficient (Wildman–Crippen LogP) is 4.12. The van der Waals surface area contributed by atoms with Crippen LogP contribution in [-0.2, 0) is 42.7 Å². The summed E-state index contributed by atoms with van der Waals surface area (Å²) in [6, 6.07) is 24.7. The average molecular weight is 1040 g/mol. The van der Waals surface area contributed by atoms with E-state index in [4.69, 9.17) is 5.14 Å². The molecule has 2 aliphatic heterocycles. The average Bonchev–Trinajstić information content (AvgIpc) is 4.29. The van der Waals surface area contributed by atoms with Gasteiger partial charge in [0.1, 0.15) is 35.6 Å². The molecule has 73 heavy (non-hydrogen) atoms. The summed E-state index contributed by atoms with van der Waals surface area (Å²) in [5.41, 5.74) is 2.28. The molecular formula is C49H51N15O6S3. The number of nitriles is 2. The normalized spacial score (nSPS) is 15.1. The Labute approximate surface area is 425 Å². The Hall–Kier alpha value is -7.87. The van der Waals surface area contributed by atoms with Crippen LogP contribution in [0.2, 0.25) is 0 Å². The van der Waals surface area contributed by atoms with Gasteiger partial charge in [-0.1, -0.05) is 12.1 Å². The number of nitrogens with two attached hydrogens (primary N) is 1. The number of thiazole rings is 1. The lowest BCUT2D eigenvalue weighted by Crippen LogP contribution is -2.55. The van der Waals surface area contributed by atoms with Crippen LogP contribution < -0.4 is 19.7 Å². The van der Waals surface area contributed by atoms with Crippen molar-refractivity contribution in [2.75, 3.05) is 62.2 Å². The lowest BCUT2D eigenvalue weighted by molar-refractivity contribution is -0.135. The summed E-state index contributed by atoms with van der Waals surface area (Å²) in [6.07, 6.45) is 12.7. The molecule has 0 aliphatic carbocycles. The lowest BCUT2D eigenvalue weighted by Gasteiger charge is -2.36. The lowest BCUT2D eigenvalue weighted by atomic mass is 10.1. The fourth-order valence-electron chi connectivity index (χ4n) is 9.29. The second-order valence-electron chi connectivity index (χ2n) is 17.3. The minimum atomic E-state index is -4.02. The van der Waals surface area contributed by atoms with E-state index >= 15 is 0 Å². The van der Waals surface area contributed by atoms with Gasteiger partial charge >= 0.3 is 0 Å². The van der Waals surface area contributed by atoms with Crippen LogP contribution in [0.15, 0.2) is 137 Å². The molecule has 2 fully saturated rings. The SMILES string of the molecule is N#Cc1cccn1CCC(C(=O)N1CCN(c2nccs2)CC1)n1ccc2c(S(N)(=O)=O)cccc21.N#Cc1cccn1CCC(NS(=O)(=O)c1cccc2[nH]ccc12)C(=O)N1CCN(c2ncccn2)CC1. The second kappa shape index (κ2) is 21.9. The molecule has 6 aromatic heterocycles. The van der Waals surface area contributed by atoms with Gasteiger partial charge in [-0.2, -0.15) is 15.2 Å². The molecule has 0 spiro atoms. The maximum Gasteiger partial charge on any atom is 0.245 e. The van der Waals surface area contributed by atoms with Crippen LogP contribution in [0.1, 0.15) is 30.3 Å². The van der Waals surface area contributed by atoms with E-state index in [9.17, 15) is 36.9 Å². The van der Waals surface area contributed by atoms with E-state index in [1.807, 2.05) is 30.5 Å². The first-order chi connectivity index (χ1) is 35.3. The predicted molar refractivity (Wildman–Crippen MR) is 274 cm³/mol. The zero-order valence-corrected chi connectivity index (χ0v) is 41.8. The van der Waals surface area contributed by atoms with Gasteiger partial charge in [0.25, 0.3) is 0 Å². The van der Waals surface area contributed by atoms with E-state index < -0.39 is 32.1 Å². The maximum atomic E-state index is 13.9. The molecule has 8 heterocycles. The molecule has 0 bridgehead atoms. The number of piperazine rings is 2. The minimum Gasteiger partial charge on any atom is -0.361 e. The quantitative estimate of drug-likeness (QED) is 0.131. The third-order valence-corrected chi connectivity index (χ3v) is 16.3. The zero-order valence-electron chi connectivity index (χ0n) is 39.4. The molecule has 2 saturated heterocycles. The number of aromatic nitrogens is 7. The fourth-order valence-corrected chi connectivity index (χ4v) is 12.2. The molecule has 376 valence electrons. The number of sulfonamides is 2. The standard InChI is InChI=1S/C25H26N8O3S.C24H25N7O3S2/c26-18-19-4-2-12-31(19)13-8-22(30-37(35,36)23-6-1-5-21-20(23)7-11-27-21)24(34)32-14-16-33(17-15-32)25-28-9-3-10-29-25;25-17-18-3-2-9-28(18)10-7-21(23(32)29-12-14-30(15-13-29)24-27-8-16-35-24)31-11-6-19-20(31)4-1-5-22(19)36(26,33)34/h1-7,9-12,22,27,30H,8,13-17H2;1-6,8-9,11,16,21H,7,10,12-15H2,(H2,26,33,34). The highest BCUT2D eigenvalue weighted by Gasteiger charge is 2.33. The molecule has 24 heteroatoms. The smallest absolute Gasteiger partial charge is 0.245 e. The van der Waals surface area contributed by atoms with Gasteiger partial charge < -0.3 is 38.3 Å². The van der Waals surface area contributed by atoms with E-state index in [0.29, 0.717) is 111 Å². The summed E-state index contributed by atoms with van der Waals surface area (Å²) in [7, 11) is -7.95. The first-order valence-electron chi connectivity index (χ1n) is 23.4. The van der Waals surface area contributed by atoms with Gasteiger partial charge in [0.2, 0.25) is 37.8 Å². The number of aryl methyl sites for hydroxylation is 2. The first-order valence-corrected chi connectivity index (χ1v) is 27.3. The van der Waals surface area contributed by atoms with Crippen molar-refractivity contribution in [3.63, 3.8) is 0 Å². The number of rotatable bonds is 15. The minimum absolute atomic E-state index is 0.0270. The third kappa shape index (κ3) is 11.1. The number of carbonyl (C=O) groups is 2. The molecule has 0 saturated carbocycles. The summed E-state index contributed by atoms with van der Waals surface area (Å²) >= 11 is 1.58. The van der Waals surface area contributed by atoms with E-state index in [1.54, 1.807) is 125 Å². The number of hydrogen-bond donors (Lipinski definition) is 3. The Morgan fingerprint density at radius 3 is 1.96 bits per heavy atom. The Bertz CT molecular complexity index is 3520. The molecule has 2 atom stereocenters. The van der Waals surface area contributed by atoms with E-state index in [0.717, 1.165) is 5.13 Å². The topological polar surface area (TPSA) is 270 Å². The van der Waals surface area contributed by atoms with Crippen LogP contribution in [0.25, 0.3) is 21.8 Å². The molecule has 0 radical (unpaired) electrons. The first kappa shape index (κ1) is 50.1. The number of amides is 2. The number of carbonyl (C=O) groups excluding carboxylic acids is 2. The van der Waals surface area contributed by atoms with Crippen molar-refractivity contribution < 1.29 is 26.4 Å². The molecule has 4 N–H and O–H groups in total. The Morgan fingerprint density at radius 2 is 1.32 bits per heavy atom. The van der Waals surface area contributed by atoms with Gasteiger partial charge in [-0.25, -0.2) is 36.9 Å². The number of fused-ring (bicyclic) bond motifs is 2. The van der Waals surface area contributed by atoms with Crippen molar-refractivity contribution in [3.05, 3.63) is 139 Å². The molecule has 2 aliphatic rings. The molecule has 8 aromatic rings. The van der Waals surface area contributed by atoms with E-state index in [2.05, 4.69) is 41.7 Å². The summed E-state index contributed by atoms with van der Waals surface area (Å²) in [5.74, 6) is 0.255. The maximum absolute atomic E-state index is 13.9. The Kier molecular flexibility index (Phi) is 15.0. The fraction of sp³-hybridized carbons (Fsp3) is 0.286. The number of H-pyrrole nitrogens is 1. The van der Waals surface area contributed by atoms with Gasteiger partial charge in [0.05, 0.1) is 15.3 Å². The van der Waals surface area contributed by atoms with E-state index in [1.165, 1.54) is 12.1 Å². The number of primary sulfonamides is 1. The van der Waals surface area contributed by atoms with Crippen molar-refractivity contribution in [2.45, 2.75) is 47.8 Å². The monoisotopic (exact) mass is 1040 g/mol. The van der Waals surface area contributed by atoms with Gasteiger partial charge in [-0.05, 0) is 79.6 Å². The zero-order chi connectivity index (χ0) is 51.1. The van der Waals surface area contributed by atoms with Crippen LogP contribution in [0.5, 0.6) is 0 Å². The van der Waals surface area contributed by atoms with Crippen molar-refractivity contribution in [1.29, 1.82) is 10.5 Å². The second-order valence-corrected chi connectivity index (χ2v) is 21.4. The number of nitrogens with one attached hydrogen (secondary N) is 2. The number of aromatic amines is 1. The summed E-state index contributed by atoms with van der Waals surface area (Å²) in [6.45, 7) is 5.15. The molecule has 2 unspecified atom stereocenters. The molecule has 2 amide bonds. The third-order valence-electron chi connectivity index (χ3n) is 13.0. The highest BCUT2D eigenvalue weighted by molar-refractivity contribution is 7.90. The summed E-state index contributed by atoms with van der Waals surface area (Å²) in [4.78, 5) is 51.3. The number of benzene rings is 2. The van der Waals surface area contributed by atoms with Crippen molar-refractivity contribution in [1.82, 2.24) is 48.2 Å². The molecular weight excluding hydrogens is 991 g/mol. The Balaban J connectivity index is 0.000000180. The largest absolute Gasteiger partial charge is 0.361 e. The van der Waals surface area contributed by atoms with Crippen LogP contribution in [0.4, 0.5) is 11.1 Å². The van der Waals surface area contributed by atoms with Crippen LogP contribution >= 0.6 is 11.3 Å².